The third-order valence-corrected chi connectivity index (χ3v) is 1.83. The van der Waals surface area contributed by atoms with E-state index in [1.807, 2.05) is 0 Å². The summed E-state index contributed by atoms with van der Waals surface area (Å²) >= 11 is 0. The van der Waals surface area contributed by atoms with Crippen LogP contribution in [0.4, 0.5) is 4.39 Å². The van der Waals surface area contributed by atoms with Crippen LogP contribution in [0.25, 0.3) is 0 Å². The van der Waals surface area contributed by atoms with E-state index in [0.717, 1.165) is 0 Å². The normalized spacial score (nSPS) is 9.80. The fourth-order valence-corrected chi connectivity index (χ4v) is 1.03. The molecule has 0 aliphatic carbocycles. The van der Waals surface area contributed by atoms with Crippen molar-refractivity contribution in [1.29, 1.82) is 0 Å². The Kier molecular flexibility index (Phi) is 4.05. The molecule has 1 amide bonds. The molecule has 0 atom stereocenters. The second-order valence-corrected chi connectivity index (χ2v) is 2.87. The van der Waals surface area contributed by atoms with Crippen molar-refractivity contribution < 1.29 is 19.0 Å². The lowest BCUT2D eigenvalue weighted by molar-refractivity contribution is -0.122. The summed E-state index contributed by atoms with van der Waals surface area (Å²) in [5, 5.41) is 11.3. The van der Waals surface area contributed by atoms with E-state index in [4.69, 9.17) is 9.84 Å². The van der Waals surface area contributed by atoms with Gasteiger partial charge in [-0.2, -0.15) is 0 Å². The van der Waals surface area contributed by atoms with Crippen LogP contribution in [0.5, 0.6) is 5.75 Å². The first-order chi connectivity index (χ1) is 7.17. The van der Waals surface area contributed by atoms with Gasteiger partial charge in [0.25, 0.3) is 5.91 Å². The topological polar surface area (TPSA) is 58.6 Å². The molecule has 0 heterocycles. The quantitative estimate of drug-likeness (QED) is 0.763. The van der Waals surface area contributed by atoms with Gasteiger partial charge in [0.05, 0.1) is 6.61 Å². The van der Waals surface area contributed by atoms with Crippen molar-refractivity contribution in [3.05, 3.63) is 29.6 Å². The summed E-state index contributed by atoms with van der Waals surface area (Å²) in [6, 6.07) is 3.75. The van der Waals surface area contributed by atoms with Gasteiger partial charge in [-0.25, -0.2) is 4.39 Å². The molecule has 0 aliphatic heterocycles. The Hall–Kier alpha value is -1.62. The zero-order valence-corrected chi connectivity index (χ0v) is 8.29. The van der Waals surface area contributed by atoms with Crippen molar-refractivity contribution in [1.82, 2.24) is 5.32 Å². The summed E-state index contributed by atoms with van der Waals surface area (Å²) in [5.41, 5.74) is 0.318. The van der Waals surface area contributed by atoms with Crippen LogP contribution in [0, 0.1) is 5.82 Å². The van der Waals surface area contributed by atoms with E-state index in [-0.39, 0.29) is 19.1 Å². The van der Waals surface area contributed by atoms with E-state index in [2.05, 4.69) is 5.32 Å². The molecule has 1 aromatic rings. The fraction of sp³-hybridized carbons (Fsp3) is 0.300. The molecule has 5 heteroatoms. The lowest BCUT2D eigenvalue weighted by Crippen LogP contribution is -2.25. The van der Waals surface area contributed by atoms with Crippen LogP contribution < -0.4 is 10.1 Å². The number of hydrogen-bond donors (Lipinski definition) is 2. The summed E-state index contributed by atoms with van der Waals surface area (Å²) in [5.74, 6) is -0.433. The molecular weight excluding hydrogens is 201 g/mol. The van der Waals surface area contributed by atoms with Crippen LogP contribution in [0.3, 0.4) is 0 Å². The monoisotopic (exact) mass is 213 g/mol. The second-order valence-electron chi connectivity index (χ2n) is 2.87. The third kappa shape index (κ3) is 3.21. The largest absolute Gasteiger partial charge is 0.483 e. The maximum absolute atomic E-state index is 12.8. The molecule has 0 saturated carbocycles. The van der Waals surface area contributed by atoms with Crippen molar-refractivity contribution in [2.45, 2.75) is 6.61 Å². The summed E-state index contributed by atoms with van der Waals surface area (Å²) in [4.78, 5) is 10.9. The van der Waals surface area contributed by atoms with Gasteiger partial charge < -0.3 is 15.2 Å². The van der Waals surface area contributed by atoms with Crippen molar-refractivity contribution in [2.75, 3.05) is 13.7 Å². The molecule has 1 rings (SSSR count). The number of aliphatic hydroxyl groups excluding tert-OH is 1. The average Bonchev–Trinajstić information content (AvgIpc) is 2.26. The minimum atomic E-state index is -0.452. The van der Waals surface area contributed by atoms with Gasteiger partial charge in [0.1, 0.15) is 11.6 Å². The molecule has 0 aromatic heterocycles. The van der Waals surface area contributed by atoms with Crippen LogP contribution in [0.15, 0.2) is 18.2 Å². The standard InChI is InChI=1S/C10H12FNO3/c1-12-10(14)6-15-9-3-2-8(11)4-7(9)5-13/h2-4,13H,5-6H2,1H3,(H,12,14). The molecule has 4 nitrogen and oxygen atoms in total. The van der Waals surface area contributed by atoms with Crippen LogP contribution in [-0.4, -0.2) is 24.7 Å². The van der Waals surface area contributed by atoms with E-state index in [9.17, 15) is 9.18 Å². The number of aliphatic hydroxyl groups is 1. The first-order valence-electron chi connectivity index (χ1n) is 4.40. The average molecular weight is 213 g/mol. The summed E-state index contributed by atoms with van der Waals surface area (Å²) in [6.07, 6.45) is 0. The molecular formula is C10H12FNO3. The van der Waals surface area contributed by atoms with Gasteiger partial charge in [-0.15, -0.1) is 0 Å². The molecule has 0 radical (unpaired) electrons. The van der Waals surface area contributed by atoms with Gasteiger partial charge >= 0.3 is 0 Å². The zero-order valence-electron chi connectivity index (χ0n) is 8.29. The number of benzene rings is 1. The van der Waals surface area contributed by atoms with Gasteiger partial charge in [-0.1, -0.05) is 0 Å². The molecule has 1 aromatic carbocycles. The number of likely N-dealkylation sites (N-methyl/N-ethyl adjacent to an activating group) is 1. The van der Waals surface area contributed by atoms with E-state index in [1.54, 1.807) is 0 Å². The molecule has 0 bridgehead atoms. The van der Waals surface area contributed by atoms with Crippen molar-refractivity contribution in [2.24, 2.45) is 0 Å². The smallest absolute Gasteiger partial charge is 0.257 e. The highest BCUT2D eigenvalue weighted by Gasteiger charge is 2.06. The number of nitrogens with one attached hydrogen (secondary N) is 1. The van der Waals surface area contributed by atoms with Gasteiger partial charge in [0.2, 0.25) is 0 Å². The Labute approximate surface area is 86.7 Å². The van der Waals surface area contributed by atoms with E-state index < -0.39 is 5.82 Å². The van der Waals surface area contributed by atoms with Gasteiger partial charge in [-0.3, -0.25) is 4.79 Å². The summed E-state index contributed by atoms with van der Waals surface area (Å²) in [7, 11) is 1.49. The molecule has 0 saturated heterocycles. The predicted molar refractivity (Wildman–Crippen MR) is 51.9 cm³/mol. The molecule has 2 N–H and O–H groups in total. The molecule has 0 aliphatic rings. The predicted octanol–water partition coefficient (Wildman–Crippen LogP) is 0.443. The fourth-order valence-electron chi connectivity index (χ4n) is 1.03. The number of hydrogen-bond acceptors (Lipinski definition) is 3. The van der Waals surface area contributed by atoms with E-state index in [0.29, 0.717) is 11.3 Å². The van der Waals surface area contributed by atoms with Crippen molar-refractivity contribution in [3.63, 3.8) is 0 Å². The molecule has 82 valence electrons. The molecule has 0 fully saturated rings. The zero-order chi connectivity index (χ0) is 11.3. The maximum Gasteiger partial charge on any atom is 0.257 e. The summed E-state index contributed by atoms with van der Waals surface area (Å²) in [6.45, 7) is -0.490. The van der Waals surface area contributed by atoms with Crippen molar-refractivity contribution in [3.8, 4) is 5.75 Å². The van der Waals surface area contributed by atoms with E-state index >= 15 is 0 Å². The molecule has 15 heavy (non-hydrogen) atoms. The van der Waals surface area contributed by atoms with Gasteiger partial charge in [0.15, 0.2) is 6.61 Å². The number of ether oxygens (including phenoxy) is 1. The number of carbonyl (C=O) groups excluding carboxylic acids is 1. The van der Waals surface area contributed by atoms with Gasteiger partial charge in [-0.05, 0) is 18.2 Å². The van der Waals surface area contributed by atoms with Crippen molar-refractivity contribution >= 4 is 5.91 Å². The number of carbonyl (C=O) groups is 1. The van der Waals surface area contributed by atoms with E-state index in [1.165, 1.54) is 25.2 Å². The lowest BCUT2D eigenvalue weighted by Gasteiger charge is -2.09. The summed E-state index contributed by atoms with van der Waals surface area (Å²) < 4.78 is 17.9. The number of halogens is 1. The Bertz CT molecular complexity index is 355. The molecule has 0 unspecified atom stereocenters. The van der Waals surface area contributed by atoms with Crippen LogP contribution in [0.2, 0.25) is 0 Å². The third-order valence-electron chi connectivity index (χ3n) is 1.83. The van der Waals surface area contributed by atoms with Gasteiger partial charge in [0, 0.05) is 12.6 Å². The Morgan fingerprint density at radius 2 is 2.33 bits per heavy atom. The Morgan fingerprint density at radius 1 is 1.60 bits per heavy atom. The second kappa shape index (κ2) is 5.31. The van der Waals surface area contributed by atoms with Crippen LogP contribution in [0.1, 0.15) is 5.56 Å². The Morgan fingerprint density at radius 3 is 2.93 bits per heavy atom. The first-order valence-corrected chi connectivity index (χ1v) is 4.40. The van der Waals surface area contributed by atoms with Crippen LogP contribution >= 0.6 is 0 Å². The number of amides is 1. The first kappa shape index (κ1) is 11.5. The highest BCUT2D eigenvalue weighted by atomic mass is 19.1. The number of rotatable bonds is 4. The minimum absolute atomic E-state index is 0.158. The minimum Gasteiger partial charge on any atom is -0.483 e. The Balaban J connectivity index is 2.72. The lowest BCUT2D eigenvalue weighted by atomic mass is 10.2. The molecule has 0 spiro atoms. The maximum atomic E-state index is 12.8. The highest BCUT2D eigenvalue weighted by molar-refractivity contribution is 5.77. The SMILES string of the molecule is CNC(=O)COc1ccc(F)cc1CO. The highest BCUT2D eigenvalue weighted by Crippen LogP contribution is 2.19. The van der Waals surface area contributed by atoms with Crippen LogP contribution in [-0.2, 0) is 11.4 Å².